The molecule has 0 aliphatic carbocycles. The van der Waals surface area contributed by atoms with Crippen LogP contribution in [0.25, 0.3) is 10.9 Å². The first kappa shape index (κ1) is 24.1. The van der Waals surface area contributed by atoms with Gasteiger partial charge in [-0.15, -0.1) is 0 Å². The molecule has 2 amide bonds. The molecular formula is C23H29N5O5. The molecule has 1 aliphatic rings. The van der Waals surface area contributed by atoms with Gasteiger partial charge >= 0.3 is 5.97 Å². The Morgan fingerprint density at radius 1 is 1.24 bits per heavy atom. The topological polar surface area (TPSA) is 123 Å². The number of hydrogen-bond acceptors (Lipinski definition) is 8. The van der Waals surface area contributed by atoms with E-state index in [9.17, 15) is 14.4 Å². The summed E-state index contributed by atoms with van der Waals surface area (Å²) in [5, 5.41) is 6.09. The van der Waals surface area contributed by atoms with Gasteiger partial charge in [0.2, 0.25) is 11.9 Å². The van der Waals surface area contributed by atoms with E-state index in [4.69, 9.17) is 9.47 Å². The summed E-state index contributed by atoms with van der Waals surface area (Å²) in [6.07, 6.45) is 6.35. The lowest BCUT2D eigenvalue weighted by molar-refractivity contribution is -0.148. The molecule has 176 valence electrons. The summed E-state index contributed by atoms with van der Waals surface area (Å²) >= 11 is 0. The smallest absolute Gasteiger partial charge is 0.323 e. The Balaban J connectivity index is 1.41. The number of methoxy groups -OCH3 is 1. The zero-order valence-electron chi connectivity index (χ0n) is 18.9. The fourth-order valence-corrected chi connectivity index (χ4v) is 3.65. The first-order valence-electron chi connectivity index (χ1n) is 11.0. The first-order valence-corrected chi connectivity index (χ1v) is 11.0. The van der Waals surface area contributed by atoms with E-state index in [0.29, 0.717) is 37.4 Å². The maximum absolute atomic E-state index is 12.1. The van der Waals surface area contributed by atoms with Gasteiger partial charge in [-0.1, -0.05) is 0 Å². The van der Waals surface area contributed by atoms with Gasteiger partial charge in [0, 0.05) is 42.9 Å². The number of hydrogen-bond donors (Lipinski definition) is 2. The second-order valence-electron chi connectivity index (χ2n) is 7.53. The number of esters is 1. The minimum atomic E-state index is -0.512. The molecule has 2 N–H and O–H groups in total. The van der Waals surface area contributed by atoms with Crippen LogP contribution in [0.4, 0.5) is 5.95 Å². The molecule has 2 aromatic rings. The summed E-state index contributed by atoms with van der Waals surface area (Å²) in [6.45, 7) is 4.15. The predicted octanol–water partition coefficient (Wildman–Crippen LogP) is 1.67. The first-order chi connectivity index (χ1) is 16.0. The second kappa shape index (κ2) is 11.9. The summed E-state index contributed by atoms with van der Waals surface area (Å²) in [6, 6.07) is 5.18. The minimum Gasteiger partial charge on any atom is -0.497 e. The molecule has 1 saturated heterocycles. The van der Waals surface area contributed by atoms with E-state index in [1.54, 1.807) is 32.4 Å². The molecule has 1 aromatic carbocycles. The van der Waals surface area contributed by atoms with Gasteiger partial charge in [0.1, 0.15) is 11.8 Å². The van der Waals surface area contributed by atoms with E-state index in [2.05, 4.69) is 25.5 Å². The Labute approximate surface area is 192 Å². The van der Waals surface area contributed by atoms with Crippen molar-refractivity contribution >= 4 is 34.6 Å². The molecule has 1 unspecified atom stereocenters. The van der Waals surface area contributed by atoms with Crippen LogP contribution in [0, 0.1) is 0 Å². The molecule has 10 heteroatoms. The number of benzene rings is 1. The van der Waals surface area contributed by atoms with Crippen molar-refractivity contribution in [1.29, 1.82) is 0 Å². The molecule has 0 spiro atoms. The van der Waals surface area contributed by atoms with Crippen molar-refractivity contribution in [3.63, 3.8) is 0 Å². The number of nitrogens with zero attached hydrogens (tertiary/aromatic N) is 3. The van der Waals surface area contributed by atoms with Crippen LogP contribution in [-0.2, 0) is 19.1 Å². The highest BCUT2D eigenvalue weighted by Crippen LogP contribution is 2.20. The average molecular weight is 456 g/mol. The zero-order valence-corrected chi connectivity index (χ0v) is 18.9. The standard InChI is InChI=1S/C23H29N5O5/c1-3-33-22(31)19-6-4-12-28(19)13-5-11-24-20(29)9-10-21(30)27-23-25-15-16-7-8-17(32-2)14-18(16)26-23/h7-10,14-15,19H,3-6,11-13H2,1-2H3,(H,24,29)(H,25,26,27,30). The molecule has 33 heavy (non-hydrogen) atoms. The highest BCUT2D eigenvalue weighted by Gasteiger charge is 2.31. The Kier molecular flexibility index (Phi) is 8.71. The van der Waals surface area contributed by atoms with Crippen molar-refractivity contribution in [1.82, 2.24) is 20.2 Å². The van der Waals surface area contributed by atoms with Crippen LogP contribution < -0.4 is 15.4 Å². The van der Waals surface area contributed by atoms with Gasteiger partial charge < -0.3 is 14.8 Å². The van der Waals surface area contributed by atoms with Gasteiger partial charge in [-0.05, 0) is 44.9 Å². The SMILES string of the molecule is CCOC(=O)C1CCCN1CCCNC(=O)C=CC(=O)Nc1ncc2ccc(OC)cc2n1. The van der Waals surface area contributed by atoms with E-state index >= 15 is 0 Å². The van der Waals surface area contributed by atoms with Crippen LogP contribution in [0.2, 0.25) is 0 Å². The normalized spacial score (nSPS) is 16.1. The monoisotopic (exact) mass is 455 g/mol. The molecule has 2 heterocycles. The fourth-order valence-electron chi connectivity index (χ4n) is 3.65. The van der Waals surface area contributed by atoms with E-state index < -0.39 is 5.91 Å². The lowest BCUT2D eigenvalue weighted by Crippen LogP contribution is -2.39. The molecule has 3 rings (SSSR count). The molecule has 1 aliphatic heterocycles. The number of fused-ring (bicyclic) bond motifs is 1. The zero-order chi connectivity index (χ0) is 23.6. The maximum atomic E-state index is 12.1. The van der Waals surface area contributed by atoms with Crippen molar-refractivity contribution < 1.29 is 23.9 Å². The summed E-state index contributed by atoms with van der Waals surface area (Å²) in [4.78, 5) is 46.5. The average Bonchev–Trinajstić information content (AvgIpc) is 3.29. The van der Waals surface area contributed by atoms with Crippen molar-refractivity contribution in [2.24, 2.45) is 0 Å². The van der Waals surface area contributed by atoms with E-state index in [-0.39, 0.29) is 23.9 Å². The van der Waals surface area contributed by atoms with Gasteiger partial charge in [0.05, 0.1) is 19.2 Å². The molecule has 10 nitrogen and oxygen atoms in total. The second-order valence-corrected chi connectivity index (χ2v) is 7.53. The van der Waals surface area contributed by atoms with Crippen LogP contribution in [0.1, 0.15) is 26.2 Å². The molecular weight excluding hydrogens is 426 g/mol. The number of amides is 2. The Morgan fingerprint density at radius 3 is 2.85 bits per heavy atom. The molecule has 0 radical (unpaired) electrons. The Bertz CT molecular complexity index is 1030. The highest BCUT2D eigenvalue weighted by atomic mass is 16.5. The van der Waals surface area contributed by atoms with Crippen LogP contribution in [0.5, 0.6) is 5.75 Å². The van der Waals surface area contributed by atoms with Gasteiger partial charge in [-0.3, -0.25) is 24.6 Å². The molecule has 1 atom stereocenters. The van der Waals surface area contributed by atoms with E-state index in [1.807, 2.05) is 6.07 Å². The molecule has 0 bridgehead atoms. The fraction of sp³-hybridized carbons (Fsp3) is 0.435. The van der Waals surface area contributed by atoms with Gasteiger partial charge in [-0.25, -0.2) is 9.97 Å². The number of nitrogens with one attached hydrogen (secondary N) is 2. The third kappa shape index (κ3) is 6.98. The van der Waals surface area contributed by atoms with E-state index in [1.165, 1.54) is 0 Å². The van der Waals surface area contributed by atoms with Crippen LogP contribution in [-0.4, -0.2) is 72.0 Å². The van der Waals surface area contributed by atoms with Crippen molar-refractivity contribution in [3.05, 3.63) is 36.5 Å². The van der Waals surface area contributed by atoms with E-state index in [0.717, 1.165) is 36.9 Å². The lowest BCUT2D eigenvalue weighted by Gasteiger charge is -2.22. The van der Waals surface area contributed by atoms with Crippen molar-refractivity contribution in [2.45, 2.75) is 32.2 Å². The third-order valence-electron chi connectivity index (χ3n) is 5.25. The minimum absolute atomic E-state index is 0.132. The largest absolute Gasteiger partial charge is 0.497 e. The number of carbonyl (C=O) groups excluding carboxylic acids is 3. The Morgan fingerprint density at radius 2 is 2.06 bits per heavy atom. The van der Waals surface area contributed by atoms with Crippen molar-refractivity contribution in [2.75, 3.05) is 38.7 Å². The third-order valence-corrected chi connectivity index (χ3v) is 5.25. The molecule has 1 fully saturated rings. The summed E-state index contributed by atoms with van der Waals surface area (Å²) in [5.74, 6) is -0.286. The van der Waals surface area contributed by atoms with Gasteiger partial charge in [-0.2, -0.15) is 0 Å². The summed E-state index contributed by atoms with van der Waals surface area (Å²) < 4.78 is 10.3. The van der Waals surface area contributed by atoms with Crippen LogP contribution in [0.15, 0.2) is 36.5 Å². The summed E-state index contributed by atoms with van der Waals surface area (Å²) in [7, 11) is 1.56. The molecule has 0 saturated carbocycles. The number of ether oxygens (including phenoxy) is 2. The van der Waals surface area contributed by atoms with Crippen LogP contribution in [0.3, 0.4) is 0 Å². The predicted molar refractivity (Wildman–Crippen MR) is 123 cm³/mol. The highest BCUT2D eigenvalue weighted by molar-refractivity contribution is 6.02. The Hall–Kier alpha value is -3.53. The molecule has 1 aromatic heterocycles. The number of rotatable bonds is 10. The van der Waals surface area contributed by atoms with Crippen molar-refractivity contribution in [3.8, 4) is 5.75 Å². The van der Waals surface area contributed by atoms with Gasteiger partial charge in [0.15, 0.2) is 0 Å². The number of likely N-dealkylation sites (tertiary alicyclic amines) is 1. The number of anilines is 1. The lowest BCUT2D eigenvalue weighted by atomic mass is 10.2. The number of aromatic nitrogens is 2. The van der Waals surface area contributed by atoms with Crippen LogP contribution >= 0.6 is 0 Å². The number of carbonyl (C=O) groups is 3. The van der Waals surface area contributed by atoms with Gasteiger partial charge in [0.25, 0.3) is 5.91 Å². The quantitative estimate of drug-likeness (QED) is 0.315. The summed E-state index contributed by atoms with van der Waals surface area (Å²) in [5.41, 5.74) is 0.629. The maximum Gasteiger partial charge on any atom is 0.323 e.